The number of halogens is 4. The minimum Gasteiger partial charge on any atom is -0.404 e. The molecule has 3 aromatic rings. The topological polar surface area (TPSA) is 58.2 Å². The van der Waals surface area contributed by atoms with Crippen molar-refractivity contribution in [3.63, 3.8) is 0 Å². The molecule has 5 nitrogen and oxygen atoms in total. The molecule has 9 heteroatoms. The van der Waals surface area contributed by atoms with E-state index >= 15 is 0 Å². The number of benzene rings is 1. The predicted molar refractivity (Wildman–Crippen MR) is 102 cm³/mol. The monoisotopic (exact) mass is 423 g/mol. The number of likely N-dealkylation sites (tertiary alicyclic amines) is 1. The normalized spacial score (nSPS) is 15.7. The molecule has 0 aliphatic carbocycles. The van der Waals surface area contributed by atoms with Crippen molar-refractivity contribution in [3.05, 3.63) is 58.9 Å². The molecule has 1 saturated heterocycles. The first-order chi connectivity index (χ1) is 13.8. The van der Waals surface area contributed by atoms with Crippen LogP contribution in [-0.4, -0.2) is 40.2 Å². The standard InChI is InChI=1S/C20H17ClF3N3O2/c21-16-10-13(3-4-17(16)29-20(22,23)24)19(28)27-8-5-12(6-9-27)15-11-26-18-14(15)2-1-7-25-18/h1-4,7,10-12H,5-6,8-9H2,(H,25,26). The lowest BCUT2D eigenvalue weighted by Gasteiger charge is -2.32. The third kappa shape index (κ3) is 4.17. The zero-order valence-electron chi connectivity index (χ0n) is 15.2. The average molecular weight is 424 g/mol. The van der Waals surface area contributed by atoms with Crippen molar-refractivity contribution in [1.82, 2.24) is 14.9 Å². The Morgan fingerprint density at radius 2 is 2.00 bits per heavy atom. The van der Waals surface area contributed by atoms with E-state index in [4.69, 9.17) is 11.6 Å². The summed E-state index contributed by atoms with van der Waals surface area (Å²) in [5.41, 5.74) is 2.27. The highest BCUT2D eigenvalue weighted by Gasteiger charge is 2.32. The summed E-state index contributed by atoms with van der Waals surface area (Å²) >= 11 is 5.86. The fourth-order valence-electron chi connectivity index (χ4n) is 3.73. The highest BCUT2D eigenvalue weighted by molar-refractivity contribution is 6.32. The van der Waals surface area contributed by atoms with Crippen LogP contribution in [0.5, 0.6) is 5.75 Å². The molecule has 1 aliphatic rings. The number of alkyl halides is 3. The number of carbonyl (C=O) groups excluding carboxylic acids is 1. The number of ether oxygens (including phenoxy) is 1. The number of piperidine rings is 1. The Hall–Kier alpha value is -2.74. The highest BCUT2D eigenvalue weighted by atomic mass is 35.5. The quantitative estimate of drug-likeness (QED) is 0.635. The molecule has 3 heterocycles. The zero-order valence-corrected chi connectivity index (χ0v) is 15.9. The average Bonchev–Trinajstić information content (AvgIpc) is 3.12. The van der Waals surface area contributed by atoms with Crippen LogP contribution < -0.4 is 4.74 Å². The fraction of sp³-hybridized carbons (Fsp3) is 0.300. The van der Waals surface area contributed by atoms with Gasteiger partial charge in [-0.05, 0) is 54.7 Å². The van der Waals surface area contributed by atoms with Crippen LogP contribution in [-0.2, 0) is 0 Å². The van der Waals surface area contributed by atoms with Gasteiger partial charge in [0.15, 0.2) is 0 Å². The zero-order chi connectivity index (χ0) is 20.6. The number of nitrogens with zero attached hydrogens (tertiary/aromatic N) is 2. The maximum Gasteiger partial charge on any atom is 0.573 e. The molecule has 152 valence electrons. The van der Waals surface area contributed by atoms with Gasteiger partial charge in [-0.25, -0.2) is 4.98 Å². The second kappa shape index (κ2) is 7.59. The lowest BCUT2D eigenvalue weighted by Crippen LogP contribution is -2.37. The molecule has 0 saturated carbocycles. The molecule has 1 amide bonds. The summed E-state index contributed by atoms with van der Waals surface area (Å²) in [5.74, 6) is -0.477. The van der Waals surface area contributed by atoms with Gasteiger partial charge in [-0.1, -0.05) is 11.6 Å². The van der Waals surface area contributed by atoms with Crippen molar-refractivity contribution < 1.29 is 22.7 Å². The molecule has 1 fully saturated rings. The van der Waals surface area contributed by atoms with Gasteiger partial charge in [-0.2, -0.15) is 0 Å². The molecule has 2 aromatic heterocycles. The Kier molecular flexibility index (Phi) is 5.12. The Morgan fingerprint density at radius 3 is 2.69 bits per heavy atom. The Bertz CT molecular complexity index is 1040. The molecule has 0 bridgehead atoms. The smallest absolute Gasteiger partial charge is 0.404 e. The van der Waals surface area contributed by atoms with Crippen LogP contribution >= 0.6 is 11.6 Å². The van der Waals surface area contributed by atoms with Crippen LogP contribution in [0.4, 0.5) is 13.2 Å². The van der Waals surface area contributed by atoms with Crippen molar-refractivity contribution in [2.24, 2.45) is 0 Å². The third-order valence-electron chi connectivity index (χ3n) is 5.11. The van der Waals surface area contributed by atoms with E-state index in [1.54, 1.807) is 11.1 Å². The van der Waals surface area contributed by atoms with Crippen molar-refractivity contribution in [3.8, 4) is 5.75 Å². The molecular formula is C20H17ClF3N3O2. The number of nitrogens with one attached hydrogen (secondary N) is 1. The van der Waals surface area contributed by atoms with Gasteiger partial charge in [0, 0.05) is 36.4 Å². The van der Waals surface area contributed by atoms with Crippen LogP contribution in [0.25, 0.3) is 11.0 Å². The van der Waals surface area contributed by atoms with E-state index in [0.717, 1.165) is 29.9 Å². The highest BCUT2D eigenvalue weighted by Crippen LogP contribution is 2.34. The van der Waals surface area contributed by atoms with E-state index in [-0.39, 0.29) is 16.5 Å². The van der Waals surface area contributed by atoms with Gasteiger partial charge in [0.25, 0.3) is 5.91 Å². The van der Waals surface area contributed by atoms with Gasteiger partial charge in [0.05, 0.1) is 5.02 Å². The van der Waals surface area contributed by atoms with E-state index in [2.05, 4.69) is 14.7 Å². The second-order valence-electron chi connectivity index (χ2n) is 6.90. The molecule has 4 rings (SSSR count). The van der Waals surface area contributed by atoms with E-state index in [1.807, 2.05) is 18.3 Å². The number of H-pyrrole nitrogens is 1. The van der Waals surface area contributed by atoms with Gasteiger partial charge in [0.2, 0.25) is 0 Å². The van der Waals surface area contributed by atoms with Crippen molar-refractivity contribution in [2.75, 3.05) is 13.1 Å². The van der Waals surface area contributed by atoms with Crippen LogP contribution in [0.15, 0.2) is 42.7 Å². The maximum atomic E-state index is 12.7. The van der Waals surface area contributed by atoms with E-state index in [0.29, 0.717) is 19.0 Å². The number of pyridine rings is 1. The molecule has 0 unspecified atom stereocenters. The van der Waals surface area contributed by atoms with E-state index in [1.165, 1.54) is 17.7 Å². The first kappa shape index (κ1) is 19.6. The predicted octanol–water partition coefficient (Wildman–Crippen LogP) is 5.13. The fourth-order valence-corrected chi connectivity index (χ4v) is 3.95. The molecule has 1 aromatic carbocycles. The number of aromatic amines is 1. The number of hydrogen-bond acceptors (Lipinski definition) is 3. The lowest BCUT2D eigenvalue weighted by molar-refractivity contribution is -0.274. The first-order valence-electron chi connectivity index (χ1n) is 9.08. The summed E-state index contributed by atoms with van der Waals surface area (Å²) in [6.07, 6.45) is 0.446. The lowest BCUT2D eigenvalue weighted by atomic mass is 9.89. The van der Waals surface area contributed by atoms with Crippen molar-refractivity contribution in [1.29, 1.82) is 0 Å². The number of carbonyl (C=O) groups is 1. The van der Waals surface area contributed by atoms with E-state index in [9.17, 15) is 18.0 Å². The first-order valence-corrected chi connectivity index (χ1v) is 9.46. The van der Waals surface area contributed by atoms with Gasteiger partial charge in [-0.15, -0.1) is 13.2 Å². The van der Waals surface area contributed by atoms with E-state index < -0.39 is 12.1 Å². The number of rotatable bonds is 3. The molecule has 0 spiro atoms. The van der Waals surface area contributed by atoms with Gasteiger partial charge < -0.3 is 14.6 Å². The maximum absolute atomic E-state index is 12.7. The second-order valence-corrected chi connectivity index (χ2v) is 7.31. The van der Waals surface area contributed by atoms with Crippen molar-refractivity contribution >= 4 is 28.5 Å². The molecular weight excluding hydrogens is 407 g/mol. The largest absolute Gasteiger partial charge is 0.573 e. The van der Waals surface area contributed by atoms with Crippen LogP contribution in [0.2, 0.25) is 5.02 Å². The summed E-state index contributed by atoms with van der Waals surface area (Å²) in [6, 6.07) is 7.50. The summed E-state index contributed by atoms with van der Waals surface area (Å²) < 4.78 is 40.9. The molecule has 1 N–H and O–H groups in total. The minimum atomic E-state index is -4.84. The van der Waals surface area contributed by atoms with Gasteiger partial charge in [0.1, 0.15) is 11.4 Å². The molecule has 0 atom stereocenters. The summed E-state index contributed by atoms with van der Waals surface area (Å²) in [4.78, 5) is 21.9. The van der Waals surface area contributed by atoms with Gasteiger partial charge in [-0.3, -0.25) is 4.79 Å². The van der Waals surface area contributed by atoms with Gasteiger partial charge >= 0.3 is 6.36 Å². The summed E-state index contributed by atoms with van der Waals surface area (Å²) in [5, 5.41) is 0.832. The SMILES string of the molecule is O=C(c1ccc(OC(F)(F)F)c(Cl)c1)N1CCC(c2c[nH]c3ncccc23)CC1. The summed E-state index contributed by atoms with van der Waals surface area (Å²) in [6.45, 7) is 1.10. The van der Waals surface area contributed by atoms with Crippen molar-refractivity contribution in [2.45, 2.75) is 25.1 Å². The van der Waals surface area contributed by atoms with Crippen LogP contribution in [0.1, 0.15) is 34.7 Å². The minimum absolute atomic E-state index is 0.235. The number of hydrogen-bond donors (Lipinski definition) is 1. The number of amides is 1. The molecule has 1 aliphatic heterocycles. The Morgan fingerprint density at radius 1 is 1.24 bits per heavy atom. The molecule has 29 heavy (non-hydrogen) atoms. The number of fused-ring (bicyclic) bond motifs is 1. The Balaban J connectivity index is 1.43. The number of aromatic nitrogens is 2. The van der Waals surface area contributed by atoms with Crippen LogP contribution in [0, 0.1) is 0 Å². The Labute approximate surface area is 169 Å². The molecule has 0 radical (unpaired) electrons. The summed E-state index contributed by atoms with van der Waals surface area (Å²) in [7, 11) is 0. The third-order valence-corrected chi connectivity index (χ3v) is 5.40. The van der Waals surface area contributed by atoms with Crippen LogP contribution in [0.3, 0.4) is 0 Å².